The topological polar surface area (TPSA) is 123 Å². The number of rotatable bonds is 7. The van der Waals surface area contributed by atoms with Crippen LogP contribution in [-0.4, -0.2) is 61.4 Å². The molecule has 11 heteroatoms. The van der Waals surface area contributed by atoms with Crippen LogP contribution in [0.4, 0.5) is 0 Å². The van der Waals surface area contributed by atoms with Crippen LogP contribution < -0.4 is 42.5 Å². The molecule has 0 radical (unpaired) electrons. The van der Waals surface area contributed by atoms with Crippen molar-refractivity contribution in [1.82, 2.24) is 42.5 Å². The first-order valence-corrected chi connectivity index (χ1v) is 21.9. The molecule has 9 aliphatic rings. The molecule has 0 aromatic rings. The molecule has 17 unspecified atom stereocenters. The minimum atomic E-state index is -0.0233. The van der Waals surface area contributed by atoms with Crippen molar-refractivity contribution < 1.29 is 26.6 Å². The number of hydrogen-bond acceptors (Lipinski definition) is 10. The third kappa shape index (κ3) is 7.62. The van der Waals surface area contributed by atoms with Crippen molar-refractivity contribution in [2.24, 2.45) is 47.3 Å². The average molecular weight is 751 g/mol. The van der Waals surface area contributed by atoms with Crippen molar-refractivity contribution in [2.45, 2.75) is 197 Å². The zero-order chi connectivity index (χ0) is 33.6. The van der Waals surface area contributed by atoms with Gasteiger partial charge < -0.3 is 4.74 Å². The van der Waals surface area contributed by atoms with Crippen LogP contribution in [0.1, 0.15) is 142 Å². The Morgan fingerprint density at radius 2 is 0.804 bits per heavy atom. The molecule has 4 aliphatic carbocycles. The molecule has 0 aromatic heterocycles. The van der Waals surface area contributed by atoms with Crippen LogP contribution in [0.15, 0.2) is 0 Å². The maximum Gasteiger partial charge on any atom is 0.306 e. The number of ether oxygens (including phenoxy) is 1. The van der Waals surface area contributed by atoms with Crippen LogP contribution in [0.3, 0.4) is 0 Å². The smallest absolute Gasteiger partial charge is 0.306 e. The molecule has 51 heavy (non-hydrogen) atoms. The SMILES string of the molecule is CCCCCCCC(=O)OC1CCCC2C3NC4NC(NC5NC(NC6NC(NC(N3)C12)C1CCCCC61)C1CCCCC51)C1CCCCC41.[Fe]. The molecular formula is C40H70FeN8O2. The maximum absolute atomic E-state index is 13.3. The van der Waals surface area contributed by atoms with Crippen molar-refractivity contribution in [2.75, 3.05) is 0 Å². The van der Waals surface area contributed by atoms with E-state index in [4.69, 9.17) is 4.74 Å². The van der Waals surface area contributed by atoms with Gasteiger partial charge in [0.15, 0.2) is 0 Å². The number of unbranched alkanes of at least 4 members (excludes halogenated alkanes) is 4. The van der Waals surface area contributed by atoms with E-state index in [0.29, 0.717) is 78.7 Å². The van der Waals surface area contributed by atoms with Crippen molar-refractivity contribution in [3.63, 3.8) is 0 Å². The molecule has 5 heterocycles. The quantitative estimate of drug-likeness (QED) is 0.108. The molecule has 4 saturated carbocycles. The van der Waals surface area contributed by atoms with Gasteiger partial charge in [-0.1, -0.05) is 71.1 Å². The summed E-state index contributed by atoms with van der Waals surface area (Å²) in [6.07, 6.45) is 27.9. The maximum atomic E-state index is 13.3. The third-order valence-electron chi connectivity index (χ3n) is 15.6. The average Bonchev–Trinajstić information content (AvgIpc) is 3.87. The summed E-state index contributed by atoms with van der Waals surface area (Å²) in [5.41, 5.74) is 0. The van der Waals surface area contributed by atoms with E-state index in [1.807, 2.05) is 0 Å². The van der Waals surface area contributed by atoms with E-state index in [2.05, 4.69) is 49.5 Å². The van der Waals surface area contributed by atoms with Gasteiger partial charge in [0.25, 0.3) is 0 Å². The fraction of sp³-hybridized carbons (Fsp3) is 0.975. The second-order valence-electron chi connectivity index (χ2n) is 18.4. The Balaban J connectivity index is 0.00000374. The summed E-state index contributed by atoms with van der Waals surface area (Å²) in [4.78, 5) is 13.3. The summed E-state index contributed by atoms with van der Waals surface area (Å²) >= 11 is 0. The van der Waals surface area contributed by atoms with Crippen LogP contribution >= 0.6 is 0 Å². The summed E-state index contributed by atoms with van der Waals surface area (Å²) in [7, 11) is 0. The number of esters is 1. The van der Waals surface area contributed by atoms with Crippen molar-refractivity contribution >= 4 is 5.97 Å². The Hall–Kier alpha value is -0.331. The summed E-state index contributed by atoms with van der Waals surface area (Å²) in [5, 5.41) is 33.7. The van der Waals surface area contributed by atoms with Gasteiger partial charge in [0.1, 0.15) is 6.10 Å². The van der Waals surface area contributed by atoms with Crippen LogP contribution in [0.5, 0.6) is 0 Å². The third-order valence-corrected chi connectivity index (χ3v) is 15.6. The molecule has 0 spiro atoms. The fourth-order valence-corrected chi connectivity index (χ4v) is 13.2. The van der Waals surface area contributed by atoms with Gasteiger partial charge in [-0.2, -0.15) is 0 Å². The molecule has 5 aliphatic heterocycles. The van der Waals surface area contributed by atoms with Crippen LogP contribution in [0.25, 0.3) is 0 Å². The van der Waals surface area contributed by atoms with Crippen LogP contribution in [-0.2, 0) is 26.6 Å². The molecule has 8 bridgehead atoms. The Morgan fingerprint density at radius 1 is 0.451 bits per heavy atom. The van der Waals surface area contributed by atoms with E-state index in [1.165, 1.54) is 103 Å². The molecule has 0 aromatic carbocycles. The number of nitrogens with one attached hydrogen (secondary N) is 8. The number of carbonyl (C=O) groups is 1. The molecule has 9 rings (SSSR count). The summed E-state index contributed by atoms with van der Waals surface area (Å²) in [6.45, 7) is 2.25. The van der Waals surface area contributed by atoms with E-state index in [9.17, 15) is 4.79 Å². The molecule has 5 saturated heterocycles. The van der Waals surface area contributed by atoms with E-state index in [-0.39, 0.29) is 53.6 Å². The van der Waals surface area contributed by atoms with E-state index in [0.717, 1.165) is 25.7 Å². The second kappa shape index (κ2) is 16.8. The van der Waals surface area contributed by atoms with Gasteiger partial charge in [-0.3, -0.25) is 47.3 Å². The van der Waals surface area contributed by atoms with E-state index >= 15 is 0 Å². The van der Waals surface area contributed by atoms with Gasteiger partial charge in [0.05, 0.1) is 49.3 Å². The zero-order valence-corrected chi connectivity index (χ0v) is 32.4. The van der Waals surface area contributed by atoms with Crippen molar-refractivity contribution in [1.29, 1.82) is 0 Å². The summed E-state index contributed by atoms with van der Waals surface area (Å²) < 4.78 is 6.49. The molecule has 8 N–H and O–H groups in total. The van der Waals surface area contributed by atoms with Gasteiger partial charge in [-0.15, -0.1) is 0 Å². The first-order valence-electron chi connectivity index (χ1n) is 21.9. The number of hydrogen-bond donors (Lipinski definition) is 8. The summed E-state index contributed by atoms with van der Waals surface area (Å²) in [6, 6.07) is 0. The Bertz CT molecular complexity index is 1170. The normalized spacial score (nSPS) is 48.8. The predicted molar refractivity (Wildman–Crippen MR) is 196 cm³/mol. The minimum Gasteiger partial charge on any atom is -0.462 e. The van der Waals surface area contributed by atoms with E-state index in [1.54, 1.807) is 0 Å². The monoisotopic (exact) mass is 750 g/mol. The Morgan fingerprint density at radius 3 is 1.22 bits per heavy atom. The van der Waals surface area contributed by atoms with Gasteiger partial charge in [0.2, 0.25) is 0 Å². The molecule has 0 amide bonds. The first-order chi connectivity index (χ1) is 24.6. The van der Waals surface area contributed by atoms with Crippen molar-refractivity contribution in [3.05, 3.63) is 0 Å². The first kappa shape index (κ1) is 37.6. The van der Waals surface area contributed by atoms with Gasteiger partial charge in [0, 0.05) is 29.4 Å². The van der Waals surface area contributed by atoms with Crippen LogP contribution in [0, 0.1) is 47.3 Å². The van der Waals surface area contributed by atoms with Gasteiger partial charge >= 0.3 is 5.97 Å². The molecule has 9 fully saturated rings. The minimum absolute atomic E-state index is 0. The van der Waals surface area contributed by atoms with E-state index < -0.39 is 0 Å². The predicted octanol–water partition coefficient (Wildman–Crippen LogP) is 4.49. The molecule has 10 nitrogen and oxygen atoms in total. The molecular weight excluding hydrogens is 680 g/mol. The molecule has 17 atom stereocenters. The summed E-state index contributed by atoms with van der Waals surface area (Å²) in [5.74, 6) is 4.70. The largest absolute Gasteiger partial charge is 0.462 e. The number of fused-ring (bicyclic) bond motifs is 20. The standard InChI is InChI=1S/C40H70N8O2.Fe/c1-2-3-4-5-6-22-31(49)50-30-21-13-20-29-32(30)40-47-38-28-19-12-11-18-27(28)36(45-38)43-34-24-15-8-7-14-23(24)33(41-34)42-35-25-16-9-10-17-26(25)37(44-35)46-39(29)48-40;/h23-30,32-48H,2-22H2,1H3;. The van der Waals surface area contributed by atoms with Gasteiger partial charge in [-0.05, 0) is 106 Å². The Labute approximate surface area is 318 Å². The zero-order valence-electron chi connectivity index (χ0n) is 31.3. The van der Waals surface area contributed by atoms with Crippen LogP contribution in [0.2, 0.25) is 0 Å². The number of carbonyl (C=O) groups excluding carboxylic acids is 1. The Kier molecular flexibility index (Phi) is 12.4. The second-order valence-corrected chi connectivity index (χ2v) is 18.4. The molecule has 290 valence electrons. The fourth-order valence-electron chi connectivity index (χ4n) is 13.2. The van der Waals surface area contributed by atoms with Gasteiger partial charge in [-0.25, -0.2) is 0 Å². The van der Waals surface area contributed by atoms with Crippen molar-refractivity contribution in [3.8, 4) is 0 Å².